The highest BCUT2D eigenvalue weighted by atomic mass is 15.2. The maximum Gasteiger partial charge on any atom is 0.0727 e. The lowest BCUT2D eigenvalue weighted by molar-refractivity contribution is 0.661. The van der Waals surface area contributed by atoms with Crippen molar-refractivity contribution in [3.63, 3.8) is 0 Å². The van der Waals surface area contributed by atoms with Crippen molar-refractivity contribution in [2.24, 2.45) is 0 Å². The van der Waals surface area contributed by atoms with E-state index < -0.39 is 5.41 Å². The van der Waals surface area contributed by atoms with E-state index in [-0.39, 0.29) is 5.41 Å². The lowest BCUT2D eigenvalue weighted by Crippen LogP contribution is -2.27. The molecular formula is C70H50N2. The number of nitrogens with zero attached hydrogens (tertiary/aromatic N) is 2. The van der Waals surface area contributed by atoms with Gasteiger partial charge in [0.1, 0.15) is 0 Å². The van der Waals surface area contributed by atoms with Crippen LogP contribution in [0.3, 0.4) is 0 Å². The van der Waals surface area contributed by atoms with E-state index in [1.165, 1.54) is 94.7 Å². The van der Waals surface area contributed by atoms with Gasteiger partial charge in [0.05, 0.1) is 22.5 Å². The monoisotopic (exact) mass is 918 g/mol. The summed E-state index contributed by atoms with van der Waals surface area (Å²) in [5, 5.41) is 0. The van der Waals surface area contributed by atoms with Crippen molar-refractivity contribution in [3.05, 3.63) is 300 Å². The van der Waals surface area contributed by atoms with Gasteiger partial charge in [-0.05, 0) is 145 Å². The summed E-state index contributed by atoms with van der Waals surface area (Å²) in [4.78, 5) is 5.03. The molecule has 11 aromatic carbocycles. The van der Waals surface area contributed by atoms with Crippen LogP contribution >= 0.6 is 0 Å². The minimum atomic E-state index is -0.665. The van der Waals surface area contributed by atoms with E-state index in [4.69, 9.17) is 0 Å². The Morgan fingerprint density at radius 1 is 0.250 bits per heavy atom. The number of para-hydroxylation sites is 3. The molecular weight excluding hydrogens is 869 g/mol. The van der Waals surface area contributed by atoms with Crippen molar-refractivity contribution in [2.75, 3.05) is 9.80 Å². The van der Waals surface area contributed by atoms with Crippen molar-refractivity contribution in [2.45, 2.75) is 24.7 Å². The predicted octanol–water partition coefficient (Wildman–Crippen LogP) is 18.6. The maximum atomic E-state index is 2.59. The molecule has 0 heterocycles. The van der Waals surface area contributed by atoms with Gasteiger partial charge >= 0.3 is 0 Å². The Hall–Kier alpha value is -8.98. The summed E-state index contributed by atoms with van der Waals surface area (Å²) < 4.78 is 0. The highest BCUT2D eigenvalue weighted by Gasteiger charge is 2.53. The van der Waals surface area contributed by atoms with Gasteiger partial charge in [-0.1, -0.05) is 214 Å². The maximum absolute atomic E-state index is 2.59. The third-order valence-electron chi connectivity index (χ3n) is 15.8. The SMILES string of the molecule is CC1(C)c2ccccc2-c2cccc(N(c3ccccc3)c3cc4c(cc3-c3ccccc3)-c3ccccc3C43c4ccccc4-c4cc(-c5ccccc5)c(N(c5ccccc5)c5ccccc5)cc43)c21. The lowest BCUT2D eigenvalue weighted by Gasteiger charge is -2.36. The average molecular weight is 919 g/mol. The molecule has 1 unspecified atom stereocenters. The summed E-state index contributed by atoms with van der Waals surface area (Å²) >= 11 is 0. The smallest absolute Gasteiger partial charge is 0.0727 e. The van der Waals surface area contributed by atoms with Crippen LogP contribution in [0.25, 0.3) is 55.6 Å². The van der Waals surface area contributed by atoms with Crippen LogP contribution in [-0.2, 0) is 10.8 Å². The molecule has 14 rings (SSSR count). The molecule has 72 heavy (non-hydrogen) atoms. The topological polar surface area (TPSA) is 6.48 Å². The van der Waals surface area contributed by atoms with Crippen molar-refractivity contribution in [1.29, 1.82) is 0 Å². The fourth-order valence-electron chi connectivity index (χ4n) is 12.8. The summed E-state index contributed by atoms with van der Waals surface area (Å²) in [5.74, 6) is 0. The minimum Gasteiger partial charge on any atom is -0.310 e. The first-order chi connectivity index (χ1) is 35.5. The molecule has 340 valence electrons. The molecule has 0 fully saturated rings. The first-order valence-corrected chi connectivity index (χ1v) is 25.2. The molecule has 3 aliphatic carbocycles. The number of hydrogen-bond donors (Lipinski definition) is 0. The van der Waals surface area contributed by atoms with Crippen LogP contribution in [0.15, 0.2) is 267 Å². The van der Waals surface area contributed by atoms with Crippen LogP contribution < -0.4 is 9.80 Å². The van der Waals surface area contributed by atoms with E-state index in [1.807, 2.05) is 0 Å². The largest absolute Gasteiger partial charge is 0.310 e. The van der Waals surface area contributed by atoms with Gasteiger partial charge in [-0.3, -0.25) is 0 Å². The summed E-state index contributed by atoms with van der Waals surface area (Å²) in [6, 6.07) is 99.3. The quantitative estimate of drug-likeness (QED) is 0.150. The molecule has 1 atom stereocenters. The number of rotatable bonds is 8. The van der Waals surface area contributed by atoms with E-state index >= 15 is 0 Å². The number of benzene rings is 11. The van der Waals surface area contributed by atoms with Gasteiger partial charge < -0.3 is 9.80 Å². The van der Waals surface area contributed by atoms with Crippen LogP contribution in [-0.4, -0.2) is 0 Å². The molecule has 3 aliphatic rings. The summed E-state index contributed by atoms with van der Waals surface area (Å²) in [5.41, 5.74) is 26.1. The van der Waals surface area contributed by atoms with E-state index in [9.17, 15) is 0 Å². The fourth-order valence-corrected chi connectivity index (χ4v) is 12.8. The van der Waals surface area contributed by atoms with Crippen LogP contribution in [0.2, 0.25) is 0 Å². The normalized spacial score (nSPS) is 15.0. The van der Waals surface area contributed by atoms with Gasteiger partial charge in [0, 0.05) is 33.6 Å². The second-order valence-electron chi connectivity index (χ2n) is 20.0. The second kappa shape index (κ2) is 16.3. The molecule has 2 heteroatoms. The molecule has 0 aromatic heterocycles. The molecule has 0 amide bonds. The molecule has 2 nitrogen and oxygen atoms in total. The Morgan fingerprint density at radius 3 is 1.08 bits per heavy atom. The van der Waals surface area contributed by atoms with Crippen molar-refractivity contribution >= 4 is 34.1 Å². The van der Waals surface area contributed by atoms with Gasteiger partial charge in [0.2, 0.25) is 0 Å². The Labute approximate surface area is 422 Å². The summed E-state index contributed by atoms with van der Waals surface area (Å²) in [7, 11) is 0. The molecule has 0 N–H and O–H groups in total. The van der Waals surface area contributed by atoms with Gasteiger partial charge in [-0.15, -0.1) is 0 Å². The number of hydrogen-bond acceptors (Lipinski definition) is 2. The highest BCUT2D eigenvalue weighted by Crippen LogP contribution is 2.66. The molecule has 1 spiro atoms. The average Bonchev–Trinajstić information content (AvgIpc) is 4.00. The van der Waals surface area contributed by atoms with Gasteiger partial charge in [-0.25, -0.2) is 0 Å². The van der Waals surface area contributed by atoms with Gasteiger partial charge in [0.15, 0.2) is 0 Å². The highest BCUT2D eigenvalue weighted by molar-refractivity contribution is 6.03. The zero-order chi connectivity index (χ0) is 48.0. The first-order valence-electron chi connectivity index (χ1n) is 25.2. The van der Waals surface area contributed by atoms with Crippen molar-refractivity contribution in [3.8, 4) is 55.6 Å². The first kappa shape index (κ1) is 41.9. The van der Waals surface area contributed by atoms with Crippen LogP contribution in [0, 0.1) is 0 Å². The van der Waals surface area contributed by atoms with E-state index in [0.29, 0.717) is 0 Å². The fraction of sp³-hybridized carbons (Fsp3) is 0.0571. The summed E-state index contributed by atoms with van der Waals surface area (Å²) in [6.07, 6.45) is 0. The standard InChI is InChI=1S/C70H50N2/c1-69(2)60-39-21-18-35-52(60)55-38-24-42-65(68(55)69)72(51-33-16-7-17-34-51)67-46-64-59(44-57(67)48-27-10-4-11-28-48)54-37-20-23-41-62(54)70(64)61-40-22-19-36-53(61)58-43-56(47-25-8-3-9-26-47)66(45-63(58)70)71(49-29-12-5-13-30-49)50-31-14-6-15-32-50/h3-46H,1-2H3. The molecule has 0 radical (unpaired) electrons. The van der Waals surface area contributed by atoms with Gasteiger partial charge in [0.25, 0.3) is 0 Å². The number of fused-ring (bicyclic) bond motifs is 13. The zero-order valence-corrected chi connectivity index (χ0v) is 40.3. The van der Waals surface area contributed by atoms with E-state index in [0.717, 1.165) is 28.4 Å². The Bertz CT molecular complexity index is 3830. The Balaban J connectivity index is 1.11. The van der Waals surface area contributed by atoms with Crippen LogP contribution in [0.4, 0.5) is 34.1 Å². The lowest BCUT2D eigenvalue weighted by atomic mass is 9.70. The molecule has 11 aromatic rings. The van der Waals surface area contributed by atoms with Crippen LogP contribution in [0.5, 0.6) is 0 Å². The molecule has 0 saturated carbocycles. The molecule has 0 aliphatic heterocycles. The van der Waals surface area contributed by atoms with Gasteiger partial charge in [-0.2, -0.15) is 0 Å². The van der Waals surface area contributed by atoms with E-state index in [1.54, 1.807) is 0 Å². The third-order valence-corrected chi connectivity index (χ3v) is 15.8. The minimum absolute atomic E-state index is 0.254. The van der Waals surface area contributed by atoms with Crippen LogP contribution in [0.1, 0.15) is 47.2 Å². The predicted molar refractivity (Wildman–Crippen MR) is 301 cm³/mol. The van der Waals surface area contributed by atoms with Crippen molar-refractivity contribution in [1.82, 2.24) is 0 Å². The Kier molecular flexibility index (Phi) is 9.50. The zero-order valence-electron chi connectivity index (χ0n) is 40.3. The molecule has 0 saturated heterocycles. The van der Waals surface area contributed by atoms with E-state index in [2.05, 4.69) is 291 Å². The molecule has 0 bridgehead atoms. The third kappa shape index (κ3) is 6.09. The second-order valence-corrected chi connectivity index (χ2v) is 20.0. The summed E-state index contributed by atoms with van der Waals surface area (Å²) in [6.45, 7) is 4.80. The number of anilines is 6. The Morgan fingerprint density at radius 2 is 0.611 bits per heavy atom. The van der Waals surface area contributed by atoms with Crippen molar-refractivity contribution < 1.29 is 0 Å².